The molecule has 1 rings (SSSR count). The Morgan fingerprint density at radius 2 is 1.79 bits per heavy atom. The second kappa shape index (κ2) is 10.5. The van der Waals surface area contributed by atoms with Crippen molar-refractivity contribution in [1.82, 2.24) is 15.5 Å². The number of benzene rings is 1. The van der Waals surface area contributed by atoms with Crippen LogP contribution in [-0.2, 0) is 11.3 Å². The zero-order chi connectivity index (χ0) is 17.5. The average molecular weight is 446 g/mol. The summed E-state index contributed by atoms with van der Waals surface area (Å²) in [4.78, 5) is 18.4. The Labute approximate surface area is 163 Å². The Morgan fingerprint density at radius 1 is 1.21 bits per heavy atom. The molecule has 0 spiro atoms. The molecule has 0 saturated heterocycles. The van der Waals surface area contributed by atoms with Crippen LogP contribution in [0.4, 0.5) is 0 Å². The van der Waals surface area contributed by atoms with Crippen LogP contribution in [0.25, 0.3) is 0 Å². The highest BCUT2D eigenvalue weighted by molar-refractivity contribution is 14.0. The Bertz CT molecular complexity index is 540. The summed E-state index contributed by atoms with van der Waals surface area (Å²) in [6, 6.07) is 8.46. The highest BCUT2D eigenvalue weighted by Gasteiger charge is 2.27. The molecule has 0 aliphatic heterocycles. The maximum absolute atomic E-state index is 12.1. The molecule has 0 fully saturated rings. The van der Waals surface area contributed by atoms with Crippen LogP contribution in [0.1, 0.15) is 31.9 Å². The lowest BCUT2D eigenvalue weighted by Gasteiger charge is -2.28. The molecule has 0 atom stereocenters. The van der Waals surface area contributed by atoms with E-state index in [-0.39, 0.29) is 29.9 Å². The largest absolute Gasteiger partial charge is 0.356 e. The van der Waals surface area contributed by atoms with Crippen molar-refractivity contribution in [3.8, 4) is 0 Å². The van der Waals surface area contributed by atoms with Gasteiger partial charge in [0.2, 0.25) is 5.91 Å². The lowest BCUT2D eigenvalue weighted by atomic mass is 9.92. The number of carbonyl (C=O) groups is 1. The van der Waals surface area contributed by atoms with Gasteiger partial charge in [-0.1, -0.05) is 29.8 Å². The monoisotopic (exact) mass is 446 g/mol. The van der Waals surface area contributed by atoms with Gasteiger partial charge in [-0.05, 0) is 33.3 Å². The first kappa shape index (κ1) is 22.7. The van der Waals surface area contributed by atoms with Crippen molar-refractivity contribution in [2.45, 2.75) is 34.2 Å². The molecule has 6 heteroatoms. The van der Waals surface area contributed by atoms with Gasteiger partial charge in [-0.2, -0.15) is 0 Å². The Kier molecular flexibility index (Phi) is 9.96. The van der Waals surface area contributed by atoms with E-state index in [2.05, 4.69) is 51.7 Å². The van der Waals surface area contributed by atoms with Crippen molar-refractivity contribution in [3.05, 3.63) is 35.4 Å². The number of nitrogens with zero attached hydrogens (tertiary/aromatic N) is 2. The molecule has 0 aliphatic carbocycles. The van der Waals surface area contributed by atoms with Crippen molar-refractivity contribution in [2.24, 2.45) is 10.4 Å². The summed E-state index contributed by atoms with van der Waals surface area (Å²) in [6.07, 6.45) is 0. The van der Waals surface area contributed by atoms with E-state index in [1.54, 1.807) is 7.05 Å². The maximum Gasteiger partial charge on any atom is 0.227 e. The topological polar surface area (TPSA) is 56.7 Å². The Morgan fingerprint density at radius 3 is 2.29 bits per heavy atom. The molecule has 1 amide bonds. The summed E-state index contributed by atoms with van der Waals surface area (Å²) in [6.45, 7) is 9.80. The van der Waals surface area contributed by atoms with Crippen LogP contribution in [0.5, 0.6) is 0 Å². The molecule has 1 aromatic rings. The molecule has 0 heterocycles. The van der Waals surface area contributed by atoms with Crippen LogP contribution >= 0.6 is 24.0 Å². The van der Waals surface area contributed by atoms with Crippen molar-refractivity contribution in [3.63, 3.8) is 0 Å². The number of guanidine groups is 1. The Balaban J connectivity index is 0.00000529. The predicted molar refractivity (Wildman–Crippen MR) is 112 cm³/mol. The second-order valence-electron chi connectivity index (χ2n) is 6.49. The summed E-state index contributed by atoms with van der Waals surface area (Å²) >= 11 is 0. The number of aliphatic imine (C=N–C) groups is 1. The van der Waals surface area contributed by atoms with Gasteiger partial charge in [0.05, 0.1) is 5.41 Å². The fourth-order valence-corrected chi connectivity index (χ4v) is 2.21. The third kappa shape index (κ3) is 7.07. The van der Waals surface area contributed by atoms with Crippen LogP contribution in [0.3, 0.4) is 0 Å². The van der Waals surface area contributed by atoms with E-state index < -0.39 is 5.41 Å². The van der Waals surface area contributed by atoms with E-state index in [1.807, 2.05) is 27.8 Å². The minimum Gasteiger partial charge on any atom is -0.356 e. The van der Waals surface area contributed by atoms with Crippen LogP contribution in [0.2, 0.25) is 0 Å². The van der Waals surface area contributed by atoms with E-state index >= 15 is 0 Å². The molecule has 2 N–H and O–H groups in total. The standard InChI is InChI=1S/C18H30N4O.HI/c1-7-20-16(23)18(3,4)13-21-17(19-5)22(6)12-15-10-8-14(2)9-11-15;/h8-11H,7,12-13H2,1-6H3,(H,19,21)(H,20,23);1H. The molecule has 136 valence electrons. The first-order chi connectivity index (χ1) is 10.8. The summed E-state index contributed by atoms with van der Waals surface area (Å²) < 4.78 is 0. The van der Waals surface area contributed by atoms with Gasteiger partial charge in [-0.25, -0.2) is 0 Å². The van der Waals surface area contributed by atoms with Crippen molar-refractivity contribution in [1.29, 1.82) is 0 Å². The first-order valence-corrected chi connectivity index (χ1v) is 8.05. The van der Waals surface area contributed by atoms with Crippen LogP contribution in [0, 0.1) is 12.3 Å². The SMILES string of the molecule is CCNC(=O)C(C)(C)CNC(=NC)N(C)Cc1ccc(C)cc1.I. The quantitative estimate of drug-likeness (QED) is 0.402. The summed E-state index contributed by atoms with van der Waals surface area (Å²) in [7, 11) is 3.75. The zero-order valence-electron chi connectivity index (χ0n) is 15.6. The number of carbonyl (C=O) groups excluding carboxylic acids is 1. The minimum absolute atomic E-state index is 0. The zero-order valence-corrected chi connectivity index (χ0v) is 18.0. The third-order valence-electron chi connectivity index (χ3n) is 3.75. The van der Waals surface area contributed by atoms with Gasteiger partial charge < -0.3 is 15.5 Å². The lowest BCUT2D eigenvalue weighted by Crippen LogP contribution is -2.48. The minimum atomic E-state index is -0.489. The molecule has 0 aromatic heterocycles. The second-order valence-corrected chi connectivity index (χ2v) is 6.49. The van der Waals surface area contributed by atoms with E-state index in [1.165, 1.54) is 11.1 Å². The van der Waals surface area contributed by atoms with Gasteiger partial charge in [0.15, 0.2) is 5.96 Å². The molecule has 1 aromatic carbocycles. The van der Waals surface area contributed by atoms with Gasteiger partial charge in [0.1, 0.15) is 0 Å². The van der Waals surface area contributed by atoms with Gasteiger partial charge in [0.25, 0.3) is 0 Å². The fourth-order valence-electron chi connectivity index (χ4n) is 2.21. The van der Waals surface area contributed by atoms with E-state index in [0.29, 0.717) is 13.1 Å². The van der Waals surface area contributed by atoms with Crippen molar-refractivity contribution in [2.75, 3.05) is 27.2 Å². The van der Waals surface area contributed by atoms with Gasteiger partial charge >= 0.3 is 0 Å². The summed E-state index contributed by atoms with van der Waals surface area (Å²) in [5.41, 5.74) is 1.99. The van der Waals surface area contributed by atoms with Crippen LogP contribution in [0.15, 0.2) is 29.3 Å². The number of hydrogen-bond donors (Lipinski definition) is 2. The van der Waals surface area contributed by atoms with E-state index in [0.717, 1.165) is 12.5 Å². The summed E-state index contributed by atoms with van der Waals surface area (Å²) in [5.74, 6) is 0.826. The fraction of sp³-hybridized carbons (Fsp3) is 0.556. The number of rotatable bonds is 6. The molecule has 0 radical (unpaired) electrons. The number of halogens is 1. The molecular formula is C18H31IN4O. The van der Waals surface area contributed by atoms with E-state index in [4.69, 9.17) is 0 Å². The van der Waals surface area contributed by atoms with Crippen LogP contribution in [-0.4, -0.2) is 44.0 Å². The molecule has 24 heavy (non-hydrogen) atoms. The van der Waals surface area contributed by atoms with Crippen molar-refractivity contribution < 1.29 is 4.79 Å². The smallest absolute Gasteiger partial charge is 0.227 e. The highest BCUT2D eigenvalue weighted by Crippen LogP contribution is 2.14. The molecule has 0 saturated carbocycles. The normalized spacial score (nSPS) is 11.5. The lowest BCUT2D eigenvalue weighted by molar-refractivity contribution is -0.128. The molecule has 5 nitrogen and oxygen atoms in total. The first-order valence-electron chi connectivity index (χ1n) is 8.05. The highest BCUT2D eigenvalue weighted by atomic mass is 127. The summed E-state index contributed by atoms with van der Waals surface area (Å²) in [5, 5.41) is 6.16. The molecule has 0 bridgehead atoms. The number of aryl methyl sites for hydroxylation is 1. The third-order valence-corrected chi connectivity index (χ3v) is 3.75. The Hall–Kier alpha value is -1.31. The van der Waals surface area contributed by atoms with Gasteiger partial charge in [-0.3, -0.25) is 9.79 Å². The molecular weight excluding hydrogens is 415 g/mol. The maximum atomic E-state index is 12.1. The predicted octanol–water partition coefficient (Wildman–Crippen LogP) is 2.78. The number of amides is 1. The van der Waals surface area contributed by atoms with Gasteiger partial charge in [-0.15, -0.1) is 24.0 Å². The van der Waals surface area contributed by atoms with Gasteiger partial charge in [0, 0.05) is 33.7 Å². The number of nitrogens with one attached hydrogen (secondary N) is 2. The number of hydrogen-bond acceptors (Lipinski definition) is 2. The molecule has 0 aliphatic rings. The van der Waals surface area contributed by atoms with E-state index in [9.17, 15) is 4.79 Å². The van der Waals surface area contributed by atoms with Crippen LogP contribution < -0.4 is 10.6 Å². The average Bonchev–Trinajstić information content (AvgIpc) is 2.50. The van der Waals surface area contributed by atoms with Crippen molar-refractivity contribution >= 4 is 35.8 Å². The molecule has 0 unspecified atom stereocenters.